The summed E-state index contributed by atoms with van der Waals surface area (Å²) in [6.45, 7) is 1.74. The molecule has 0 spiro atoms. The minimum absolute atomic E-state index is 0.0674. The van der Waals surface area contributed by atoms with Crippen molar-refractivity contribution in [2.45, 2.75) is 6.92 Å². The van der Waals surface area contributed by atoms with Gasteiger partial charge in [0.2, 0.25) is 5.43 Å². The summed E-state index contributed by atoms with van der Waals surface area (Å²) in [4.78, 5) is 17.4. The van der Waals surface area contributed by atoms with Gasteiger partial charge >= 0.3 is 0 Å². The number of benzene rings is 2. The minimum Gasteiger partial charge on any atom is -0.508 e. The van der Waals surface area contributed by atoms with Gasteiger partial charge in [0.15, 0.2) is 0 Å². The second-order valence-corrected chi connectivity index (χ2v) is 6.30. The topological polar surface area (TPSA) is 63.3 Å². The van der Waals surface area contributed by atoms with Crippen molar-refractivity contribution in [2.75, 3.05) is 0 Å². The maximum absolute atomic E-state index is 12.8. The van der Waals surface area contributed by atoms with Crippen LogP contribution in [0.15, 0.2) is 63.1 Å². The van der Waals surface area contributed by atoms with Crippen LogP contribution in [0.3, 0.4) is 0 Å². The van der Waals surface area contributed by atoms with E-state index in [1.165, 1.54) is 23.5 Å². The minimum atomic E-state index is -0.140. The third-order valence-electron chi connectivity index (χ3n) is 3.83. The number of hydrogen-bond acceptors (Lipinski definition) is 5. The van der Waals surface area contributed by atoms with E-state index < -0.39 is 0 Å². The summed E-state index contributed by atoms with van der Waals surface area (Å²) < 4.78 is 5.73. The van der Waals surface area contributed by atoms with Crippen molar-refractivity contribution in [2.24, 2.45) is 0 Å². The average Bonchev–Trinajstić information content (AvgIpc) is 3.05. The van der Waals surface area contributed by atoms with Crippen LogP contribution in [-0.4, -0.2) is 10.1 Å². The number of thiazole rings is 1. The van der Waals surface area contributed by atoms with E-state index in [9.17, 15) is 9.90 Å². The van der Waals surface area contributed by atoms with Crippen LogP contribution in [-0.2, 0) is 0 Å². The number of aromatic nitrogens is 1. The van der Waals surface area contributed by atoms with Crippen LogP contribution in [0, 0.1) is 6.92 Å². The maximum atomic E-state index is 12.8. The van der Waals surface area contributed by atoms with Crippen LogP contribution in [0.2, 0.25) is 0 Å². The normalized spacial score (nSPS) is 11.0. The molecular formula is C19H13NO3S. The van der Waals surface area contributed by atoms with Gasteiger partial charge in [-0.15, -0.1) is 11.3 Å². The fourth-order valence-electron chi connectivity index (χ4n) is 2.69. The number of nitrogens with zero attached hydrogens (tertiary/aromatic N) is 1. The molecule has 0 aliphatic rings. The molecule has 0 aliphatic carbocycles. The molecule has 0 saturated carbocycles. The number of aromatic hydroxyl groups is 1. The Morgan fingerprint density at radius 2 is 1.92 bits per heavy atom. The summed E-state index contributed by atoms with van der Waals surface area (Å²) in [6.07, 6.45) is 0. The molecule has 2 heterocycles. The molecule has 0 atom stereocenters. The lowest BCUT2D eigenvalue weighted by Gasteiger charge is -2.05. The molecule has 4 nitrogen and oxygen atoms in total. The summed E-state index contributed by atoms with van der Waals surface area (Å²) in [5.74, 6) is 0.556. The molecule has 0 aliphatic heterocycles. The van der Waals surface area contributed by atoms with Gasteiger partial charge in [0.05, 0.1) is 16.6 Å². The highest BCUT2D eigenvalue weighted by Gasteiger charge is 2.17. The smallest absolute Gasteiger partial charge is 0.202 e. The zero-order chi connectivity index (χ0) is 16.7. The average molecular weight is 335 g/mol. The van der Waals surface area contributed by atoms with Crippen LogP contribution in [0.1, 0.15) is 5.76 Å². The van der Waals surface area contributed by atoms with Crippen LogP contribution in [0.25, 0.3) is 32.8 Å². The Morgan fingerprint density at radius 1 is 1.12 bits per heavy atom. The van der Waals surface area contributed by atoms with Crippen LogP contribution < -0.4 is 5.43 Å². The number of aryl methyl sites for hydroxylation is 1. The first-order valence-electron chi connectivity index (χ1n) is 7.41. The molecule has 2 aromatic heterocycles. The molecule has 0 bridgehead atoms. The molecule has 0 unspecified atom stereocenters. The van der Waals surface area contributed by atoms with Crippen molar-refractivity contribution >= 4 is 22.3 Å². The number of fused-ring (bicyclic) bond motifs is 1. The monoisotopic (exact) mass is 335 g/mol. The van der Waals surface area contributed by atoms with E-state index in [1.54, 1.807) is 13.0 Å². The SMILES string of the molecule is Cc1oc2cc(O)ccc2c(=O)c1-c1csc(-c2ccccc2)n1. The molecule has 2 aromatic carbocycles. The fraction of sp³-hybridized carbons (Fsp3) is 0.0526. The summed E-state index contributed by atoms with van der Waals surface area (Å²) in [5.41, 5.74) is 2.33. The van der Waals surface area contributed by atoms with Crippen LogP contribution >= 0.6 is 11.3 Å². The second kappa shape index (κ2) is 5.62. The molecule has 0 radical (unpaired) electrons. The van der Waals surface area contributed by atoms with Gasteiger partial charge in [-0.1, -0.05) is 30.3 Å². The van der Waals surface area contributed by atoms with Gasteiger partial charge in [-0.2, -0.15) is 0 Å². The third kappa shape index (κ3) is 2.39. The predicted octanol–water partition coefficient (Wildman–Crippen LogP) is 4.60. The van der Waals surface area contributed by atoms with E-state index in [0.717, 1.165) is 10.6 Å². The number of hydrogen-bond donors (Lipinski definition) is 1. The number of phenolic OH excluding ortho intramolecular Hbond substituents is 1. The molecule has 0 saturated heterocycles. The van der Waals surface area contributed by atoms with E-state index in [-0.39, 0.29) is 11.2 Å². The van der Waals surface area contributed by atoms with Crippen molar-refractivity contribution < 1.29 is 9.52 Å². The third-order valence-corrected chi connectivity index (χ3v) is 4.72. The van der Waals surface area contributed by atoms with Gasteiger partial charge in [-0.25, -0.2) is 4.98 Å². The van der Waals surface area contributed by atoms with Crippen LogP contribution in [0.5, 0.6) is 5.75 Å². The standard InChI is InChI=1S/C19H13NO3S/c1-11-17(18(22)14-8-7-13(21)9-16(14)23-11)15-10-24-19(20-15)12-5-3-2-4-6-12/h2-10,21H,1H3. The molecule has 1 N–H and O–H groups in total. The largest absolute Gasteiger partial charge is 0.508 e. The highest BCUT2D eigenvalue weighted by atomic mass is 32.1. The summed E-state index contributed by atoms with van der Waals surface area (Å²) in [6, 6.07) is 14.3. The number of rotatable bonds is 2. The molecule has 118 valence electrons. The quantitative estimate of drug-likeness (QED) is 0.581. The zero-order valence-corrected chi connectivity index (χ0v) is 13.6. The Labute approximate surface area is 141 Å². The molecule has 4 aromatic rings. The summed E-state index contributed by atoms with van der Waals surface area (Å²) in [5, 5.41) is 12.7. The van der Waals surface area contributed by atoms with Gasteiger partial charge in [-0.05, 0) is 19.1 Å². The molecule has 24 heavy (non-hydrogen) atoms. The van der Waals surface area contributed by atoms with Crippen molar-refractivity contribution in [3.8, 4) is 27.6 Å². The lowest BCUT2D eigenvalue weighted by Crippen LogP contribution is -2.07. The van der Waals surface area contributed by atoms with Gasteiger partial charge in [0.25, 0.3) is 0 Å². The van der Waals surface area contributed by atoms with Crippen molar-refractivity contribution in [3.63, 3.8) is 0 Å². The van der Waals surface area contributed by atoms with Gasteiger partial charge < -0.3 is 9.52 Å². The van der Waals surface area contributed by atoms with Crippen molar-refractivity contribution in [1.82, 2.24) is 4.98 Å². The van der Waals surface area contributed by atoms with E-state index in [2.05, 4.69) is 4.98 Å². The molecular weight excluding hydrogens is 322 g/mol. The summed E-state index contributed by atoms with van der Waals surface area (Å²) >= 11 is 1.49. The second-order valence-electron chi connectivity index (χ2n) is 5.45. The molecule has 0 amide bonds. The number of phenols is 1. The van der Waals surface area contributed by atoms with E-state index >= 15 is 0 Å². The van der Waals surface area contributed by atoms with E-state index in [4.69, 9.17) is 4.42 Å². The predicted molar refractivity (Wildman–Crippen MR) is 95.4 cm³/mol. The Bertz CT molecular complexity index is 1100. The van der Waals surface area contributed by atoms with E-state index in [0.29, 0.717) is 28.0 Å². The Balaban J connectivity index is 1.90. The Hall–Kier alpha value is -2.92. The van der Waals surface area contributed by atoms with E-state index in [1.807, 2.05) is 35.7 Å². The first-order valence-corrected chi connectivity index (χ1v) is 8.29. The lowest BCUT2D eigenvalue weighted by atomic mass is 10.1. The van der Waals surface area contributed by atoms with Gasteiger partial charge in [0, 0.05) is 17.0 Å². The molecule has 0 fully saturated rings. The fourth-order valence-corrected chi connectivity index (χ4v) is 3.51. The zero-order valence-electron chi connectivity index (χ0n) is 12.8. The first kappa shape index (κ1) is 14.7. The lowest BCUT2D eigenvalue weighted by molar-refractivity contribution is 0.473. The van der Waals surface area contributed by atoms with Gasteiger partial charge in [-0.3, -0.25) is 4.79 Å². The Kier molecular flexibility index (Phi) is 3.43. The van der Waals surface area contributed by atoms with Crippen molar-refractivity contribution in [1.29, 1.82) is 0 Å². The molecule has 4 rings (SSSR count). The highest BCUT2D eigenvalue weighted by molar-refractivity contribution is 7.13. The maximum Gasteiger partial charge on any atom is 0.202 e. The van der Waals surface area contributed by atoms with Crippen LogP contribution in [0.4, 0.5) is 0 Å². The first-order chi connectivity index (χ1) is 11.6. The highest BCUT2D eigenvalue weighted by Crippen LogP contribution is 2.30. The van der Waals surface area contributed by atoms with Crippen molar-refractivity contribution in [3.05, 3.63) is 69.9 Å². The Morgan fingerprint density at radius 3 is 2.71 bits per heavy atom. The molecule has 5 heteroatoms. The van der Waals surface area contributed by atoms with Gasteiger partial charge in [0.1, 0.15) is 22.1 Å². The summed E-state index contributed by atoms with van der Waals surface area (Å²) in [7, 11) is 0.